The van der Waals surface area contributed by atoms with Gasteiger partial charge in [-0.2, -0.15) is 5.10 Å². The van der Waals surface area contributed by atoms with Gasteiger partial charge in [0.1, 0.15) is 0 Å². The summed E-state index contributed by atoms with van der Waals surface area (Å²) in [5, 5.41) is 5.02. The number of pyridine rings is 1. The van der Waals surface area contributed by atoms with Crippen molar-refractivity contribution in [2.24, 2.45) is 5.73 Å². The molecule has 0 spiro atoms. The highest BCUT2D eigenvalue weighted by Gasteiger charge is 2.17. The van der Waals surface area contributed by atoms with Crippen molar-refractivity contribution < 1.29 is 14.3 Å². The lowest BCUT2D eigenvalue weighted by atomic mass is 10.2. The molecule has 0 aliphatic rings. The molecule has 0 aliphatic heterocycles. The summed E-state index contributed by atoms with van der Waals surface area (Å²) >= 11 is 0. The maximum atomic E-state index is 12.0. The number of nitrogens with two attached hydrogens (primary N) is 1. The number of esters is 1. The van der Waals surface area contributed by atoms with Gasteiger partial charge in [0.2, 0.25) is 0 Å². The largest absolute Gasteiger partial charge is 0.449 e. The second-order valence-corrected chi connectivity index (χ2v) is 5.37. The number of ether oxygens (including phenoxy) is 1. The van der Waals surface area contributed by atoms with E-state index in [-0.39, 0.29) is 5.56 Å². The molecule has 0 saturated carbocycles. The molecule has 3 rings (SSSR count). The van der Waals surface area contributed by atoms with Crippen LogP contribution in [0.1, 0.15) is 22.8 Å². The van der Waals surface area contributed by atoms with Crippen LogP contribution in [0.2, 0.25) is 0 Å². The van der Waals surface area contributed by atoms with Crippen LogP contribution in [-0.2, 0) is 16.1 Å². The Morgan fingerprint density at radius 3 is 2.71 bits per heavy atom. The molecule has 0 aliphatic carbocycles. The molecular formula is C17H16N4O3. The van der Waals surface area contributed by atoms with Crippen LogP contribution in [0.4, 0.5) is 0 Å². The van der Waals surface area contributed by atoms with Crippen LogP contribution < -0.4 is 5.73 Å². The van der Waals surface area contributed by atoms with Gasteiger partial charge in [0.05, 0.1) is 18.3 Å². The van der Waals surface area contributed by atoms with Crippen molar-refractivity contribution >= 4 is 22.9 Å². The third-order valence-corrected chi connectivity index (χ3v) is 3.57. The van der Waals surface area contributed by atoms with Crippen LogP contribution in [-0.4, -0.2) is 32.7 Å². The number of aromatic nitrogens is 3. The fourth-order valence-electron chi connectivity index (χ4n) is 2.24. The van der Waals surface area contributed by atoms with Crippen LogP contribution in [0.3, 0.4) is 0 Å². The number of nitrogens with zero attached hydrogens (tertiary/aromatic N) is 3. The van der Waals surface area contributed by atoms with Gasteiger partial charge in [-0.1, -0.05) is 30.3 Å². The lowest BCUT2D eigenvalue weighted by Crippen LogP contribution is -2.30. The van der Waals surface area contributed by atoms with Gasteiger partial charge in [0.25, 0.3) is 5.91 Å². The van der Waals surface area contributed by atoms with Crippen molar-refractivity contribution in [2.75, 3.05) is 0 Å². The molecule has 1 aromatic carbocycles. The Bertz CT molecular complexity index is 889. The second-order valence-electron chi connectivity index (χ2n) is 5.37. The Kier molecular flexibility index (Phi) is 4.24. The Labute approximate surface area is 138 Å². The fraction of sp³-hybridized carbons (Fsp3) is 0.176. The van der Waals surface area contributed by atoms with Crippen LogP contribution in [0, 0.1) is 0 Å². The molecule has 0 fully saturated rings. The molecular weight excluding hydrogens is 308 g/mol. The van der Waals surface area contributed by atoms with Crippen molar-refractivity contribution in [1.82, 2.24) is 14.8 Å². The molecule has 7 nitrogen and oxygen atoms in total. The molecule has 0 bridgehead atoms. The molecule has 2 aromatic heterocycles. The summed E-state index contributed by atoms with van der Waals surface area (Å²) in [5.41, 5.74) is 7.09. The zero-order chi connectivity index (χ0) is 17.1. The number of carbonyl (C=O) groups excluding carboxylic acids is 2. The van der Waals surface area contributed by atoms with Crippen LogP contribution in [0.15, 0.2) is 48.8 Å². The van der Waals surface area contributed by atoms with Gasteiger partial charge in [-0.3, -0.25) is 4.79 Å². The third kappa shape index (κ3) is 3.24. The standard InChI is InChI=1S/C17H16N4O3/c1-11(15(18)22)24-17(23)14-7-13-9-20-21(16(13)19-8-14)10-12-5-3-2-4-6-12/h2-9,11H,10H2,1H3,(H2,18,22). The van der Waals surface area contributed by atoms with E-state index in [9.17, 15) is 9.59 Å². The number of hydrogen-bond acceptors (Lipinski definition) is 5. The molecule has 1 amide bonds. The molecule has 122 valence electrons. The molecule has 2 heterocycles. The molecule has 2 N–H and O–H groups in total. The Balaban J connectivity index is 1.83. The Morgan fingerprint density at radius 1 is 1.25 bits per heavy atom. The van der Waals surface area contributed by atoms with Gasteiger partial charge < -0.3 is 10.5 Å². The van der Waals surface area contributed by atoms with E-state index in [0.717, 1.165) is 5.56 Å². The summed E-state index contributed by atoms with van der Waals surface area (Å²) in [6.45, 7) is 2.00. The predicted octanol–water partition coefficient (Wildman–Crippen LogP) is 1.51. The maximum Gasteiger partial charge on any atom is 0.340 e. The van der Waals surface area contributed by atoms with Crippen LogP contribution in [0.5, 0.6) is 0 Å². The van der Waals surface area contributed by atoms with Crippen molar-refractivity contribution in [3.8, 4) is 0 Å². The summed E-state index contributed by atoms with van der Waals surface area (Å²) < 4.78 is 6.72. The molecule has 0 saturated heterocycles. The van der Waals surface area contributed by atoms with E-state index in [0.29, 0.717) is 17.6 Å². The van der Waals surface area contributed by atoms with E-state index >= 15 is 0 Å². The number of primary amides is 1. The molecule has 0 radical (unpaired) electrons. The first-order valence-electron chi connectivity index (χ1n) is 7.40. The first kappa shape index (κ1) is 15.7. The lowest BCUT2D eigenvalue weighted by Gasteiger charge is -2.09. The SMILES string of the molecule is CC(OC(=O)c1cnc2c(cnn2Cc2ccccc2)c1)C(N)=O. The van der Waals surface area contributed by atoms with E-state index in [1.807, 2.05) is 30.3 Å². The van der Waals surface area contributed by atoms with Gasteiger partial charge in [0.15, 0.2) is 11.8 Å². The van der Waals surface area contributed by atoms with Gasteiger partial charge in [-0.15, -0.1) is 0 Å². The number of benzene rings is 1. The zero-order valence-corrected chi connectivity index (χ0v) is 13.0. The third-order valence-electron chi connectivity index (χ3n) is 3.57. The Hall–Kier alpha value is -3.22. The summed E-state index contributed by atoms with van der Waals surface area (Å²) in [4.78, 5) is 27.3. The minimum Gasteiger partial charge on any atom is -0.449 e. The summed E-state index contributed by atoms with van der Waals surface area (Å²) in [6.07, 6.45) is 2.05. The number of fused-ring (bicyclic) bond motifs is 1. The van der Waals surface area contributed by atoms with E-state index in [1.54, 1.807) is 16.9 Å². The van der Waals surface area contributed by atoms with Gasteiger partial charge in [-0.05, 0) is 18.6 Å². The number of rotatable bonds is 5. The average Bonchev–Trinajstić information content (AvgIpc) is 2.98. The van der Waals surface area contributed by atoms with E-state index in [2.05, 4.69) is 10.1 Å². The highest BCUT2D eigenvalue weighted by molar-refractivity contribution is 5.94. The number of amides is 1. The number of carbonyl (C=O) groups is 2. The van der Waals surface area contributed by atoms with Crippen molar-refractivity contribution in [1.29, 1.82) is 0 Å². The average molecular weight is 324 g/mol. The monoisotopic (exact) mass is 324 g/mol. The Morgan fingerprint density at radius 2 is 2.00 bits per heavy atom. The molecule has 3 aromatic rings. The zero-order valence-electron chi connectivity index (χ0n) is 13.0. The van der Waals surface area contributed by atoms with Crippen LogP contribution >= 0.6 is 0 Å². The summed E-state index contributed by atoms with van der Waals surface area (Å²) in [5.74, 6) is -1.35. The minimum absolute atomic E-state index is 0.245. The first-order chi connectivity index (χ1) is 11.5. The maximum absolute atomic E-state index is 12.0. The topological polar surface area (TPSA) is 100 Å². The molecule has 24 heavy (non-hydrogen) atoms. The first-order valence-corrected chi connectivity index (χ1v) is 7.40. The summed E-state index contributed by atoms with van der Waals surface area (Å²) in [6, 6.07) is 11.5. The number of hydrogen-bond donors (Lipinski definition) is 1. The van der Waals surface area contributed by atoms with Gasteiger partial charge >= 0.3 is 5.97 Å². The highest BCUT2D eigenvalue weighted by Crippen LogP contribution is 2.15. The van der Waals surface area contributed by atoms with E-state index in [4.69, 9.17) is 10.5 Å². The smallest absolute Gasteiger partial charge is 0.340 e. The molecule has 1 unspecified atom stereocenters. The van der Waals surface area contributed by atoms with Crippen molar-refractivity contribution in [3.63, 3.8) is 0 Å². The van der Waals surface area contributed by atoms with E-state index < -0.39 is 18.0 Å². The van der Waals surface area contributed by atoms with Gasteiger partial charge in [0, 0.05) is 11.6 Å². The molecule has 1 atom stereocenters. The predicted molar refractivity (Wildman–Crippen MR) is 87.1 cm³/mol. The van der Waals surface area contributed by atoms with Crippen LogP contribution in [0.25, 0.3) is 11.0 Å². The lowest BCUT2D eigenvalue weighted by molar-refractivity contribution is -0.125. The van der Waals surface area contributed by atoms with Crippen molar-refractivity contribution in [3.05, 3.63) is 59.9 Å². The summed E-state index contributed by atoms with van der Waals surface area (Å²) in [7, 11) is 0. The normalized spacial score (nSPS) is 12.0. The quantitative estimate of drug-likeness (QED) is 0.717. The second kappa shape index (κ2) is 6.49. The molecule has 7 heteroatoms. The fourth-order valence-corrected chi connectivity index (χ4v) is 2.24. The van der Waals surface area contributed by atoms with E-state index in [1.165, 1.54) is 13.1 Å². The van der Waals surface area contributed by atoms with Crippen molar-refractivity contribution in [2.45, 2.75) is 19.6 Å². The minimum atomic E-state index is -0.992. The highest BCUT2D eigenvalue weighted by atomic mass is 16.5. The van der Waals surface area contributed by atoms with Gasteiger partial charge in [-0.25, -0.2) is 14.5 Å².